The number of fused-ring (bicyclic) bond motifs is 1. The molecule has 1 aromatic heterocycles. The first-order valence-electron chi connectivity index (χ1n) is 8.63. The van der Waals surface area contributed by atoms with Crippen LogP contribution in [-0.4, -0.2) is 24.6 Å². The number of carbonyl (C=O) groups is 1. The highest BCUT2D eigenvalue weighted by atomic mass is 16.5. The van der Waals surface area contributed by atoms with Crippen LogP contribution < -0.4 is 14.8 Å². The molecule has 0 aliphatic heterocycles. The molecular formula is C22H19N3O3. The van der Waals surface area contributed by atoms with E-state index in [1.165, 1.54) is 13.2 Å². The minimum absolute atomic E-state index is 0.0622. The Kier molecular flexibility index (Phi) is 5.87. The second-order valence-electron chi connectivity index (χ2n) is 6.01. The SMILES string of the molecule is COc1cc(/C=C/C(=O)Nc2ccc(C)c3ncccc23)ccc1OCC#N. The number of ether oxygens (including phenoxy) is 2. The monoisotopic (exact) mass is 373 g/mol. The molecule has 6 heteroatoms. The Hall–Kier alpha value is -3.85. The van der Waals surface area contributed by atoms with Crippen molar-refractivity contribution in [3.05, 3.63) is 65.9 Å². The summed E-state index contributed by atoms with van der Waals surface area (Å²) in [6.45, 7) is 1.92. The predicted octanol–water partition coefficient (Wildman–Crippen LogP) is 4.11. The zero-order chi connectivity index (χ0) is 19.9. The first-order valence-corrected chi connectivity index (χ1v) is 8.63. The summed E-state index contributed by atoms with van der Waals surface area (Å²) in [5, 5.41) is 12.4. The lowest BCUT2D eigenvalue weighted by atomic mass is 10.1. The number of aromatic nitrogens is 1. The molecule has 0 fully saturated rings. The van der Waals surface area contributed by atoms with Crippen molar-refractivity contribution in [2.24, 2.45) is 0 Å². The van der Waals surface area contributed by atoms with Crippen LogP contribution in [0.3, 0.4) is 0 Å². The summed E-state index contributed by atoms with van der Waals surface area (Å²) in [5.74, 6) is 0.718. The fourth-order valence-corrected chi connectivity index (χ4v) is 2.79. The van der Waals surface area contributed by atoms with Gasteiger partial charge in [-0.05, 0) is 54.5 Å². The number of nitrogens with one attached hydrogen (secondary N) is 1. The second-order valence-corrected chi connectivity index (χ2v) is 6.01. The fourth-order valence-electron chi connectivity index (χ4n) is 2.79. The van der Waals surface area contributed by atoms with Gasteiger partial charge in [-0.25, -0.2) is 0 Å². The number of pyridine rings is 1. The third-order valence-corrected chi connectivity index (χ3v) is 4.14. The highest BCUT2D eigenvalue weighted by Crippen LogP contribution is 2.28. The van der Waals surface area contributed by atoms with Gasteiger partial charge in [0.2, 0.25) is 5.91 Å². The smallest absolute Gasteiger partial charge is 0.248 e. The quantitative estimate of drug-likeness (QED) is 0.658. The number of rotatable bonds is 6. The molecule has 0 bridgehead atoms. The van der Waals surface area contributed by atoms with Crippen molar-refractivity contribution in [2.45, 2.75) is 6.92 Å². The summed E-state index contributed by atoms with van der Waals surface area (Å²) in [7, 11) is 1.52. The maximum atomic E-state index is 12.4. The Morgan fingerprint density at radius 3 is 2.89 bits per heavy atom. The highest BCUT2D eigenvalue weighted by molar-refractivity contribution is 6.07. The standard InChI is InChI=1S/C22H19N3O3/c1-15-5-8-18(17-4-3-12-24-22(15)17)25-21(26)10-7-16-6-9-19(28-13-11-23)20(14-16)27-2/h3-10,12,14H,13H2,1-2H3,(H,25,26)/b10-7+. The minimum Gasteiger partial charge on any atom is -0.493 e. The summed E-state index contributed by atoms with van der Waals surface area (Å²) >= 11 is 0. The number of methoxy groups -OCH3 is 1. The fraction of sp³-hybridized carbons (Fsp3) is 0.136. The van der Waals surface area contributed by atoms with Crippen LogP contribution in [-0.2, 0) is 4.79 Å². The molecule has 1 amide bonds. The molecular weight excluding hydrogens is 354 g/mol. The average molecular weight is 373 g/mol. The molecule has 140 valence electrons. The van der Waals surface area contributed by atoms with Crippen LogP contribution in [0.5, 0.6) is 11.5 Å². The van der Waals surface area contributed by atoms with E-state index >= 15 is 0 Å². The normalized spacial score (nSPS) is 10.6. The van der Waals surface area contributed by atoms with Crippen molar-refractivity contribution >= 4 is 28.6 Å². The van der Waals surface area contributed by atoms with Crippen LogP contribution >= 0.6 is 0 Å². The molecule has 0 saturated carbocycles. The molecule has 2 aromatic carbocycles. The predicted molar refractivity (Wildman–Crippen MR) is 108 cm³/mol. The van der Waals surface area contributed by atoms with Gasteiger partial charge in [0.15, 0.2) is 18.1 Å². The molecule has 3 rings (SSSR count). The number of hydrogen-bond donors (Lipinski definition) is 1. The number of anilines is 1. The maximum absolute atomic E-state index is 12.4. The summed E-state index contributed by atoms with van der Waals surface area (Å²) in [6.07, 6.45) is 4.87. The Labute approximate surface area is 163 Å². The van der Waals surface area contributed by atoms with Crippen LogP contribution in [0, 0.1) is 18.3 Å². The van der Waals surface area contributed by atoms with Gasteiger partial charge in [-0.15, -0.1) is 0 Å². The Bertz CT molecular complexity index is 1080. The molecule has 0 aliphatic carbocycles. The molecule has 1 N–H and O–H groups in total. The van der Waals surface area contributed by atoms with Crippen LogP contribution in [0.2, 0.25) is 0 Å². The number of hydrogen-bond acceptors (Lipinski definition) is 5. The molecule has 3 aromatic rings. The van der Waals surface area contributed by atoms with Crippen molar-refractivity contribution in [1.82, 2.24) is 4.98 Å². The first-order chi connectivity index (χ1) is 13.6. The van der Waals surface area contributed by atoms with Crippen molar-refractivity contribution in [2.75, 3.05) is 19.0 Å². The van der Waals surface area contributed by atoms with Crippen LogP contribution in [0.15, 0.2) is 54.7 Å². The zero-order valence-electron chi connectivity index (χ0n) is 15.6. The molecule has 0 spiro atoms. The lowest BCUT2D eigenvalue weighted by Gasteiger charge is -2.09. The Morgan fingerprint density at radius 1 is 1.25 bits per heavy atom. The topological polar surface area (TPSA) is 84.2 Å². The van der Waals surface area contributed by atoms with Gasteiger partial charge in [-0.2, -0.15) is 5.26 Å². The van der Waals surface area contributed by atoms with Crippen molar-refractivity contribution in [1.29, 1.82) is 5.26 Å². The number of nitriles is 1. The van der Waals surface area contributed by atoms with Gasteiger partial charge in [0.05, 0.1) is 18.3 Å². The summed E-state index contributed by atoms with van der Waals surface area (Å²) in [4.78, 5) is 16.7. The molecule has 0 radical (unpaired) electrons. The van der Waals surface area contributed by atoms with Gasteiger partial charge in [0, 0.05) is 17.7 Å². The third kappa shape index (κ3) is 4.27. The largest absolute Gasteiger partial charge is 0.493 e. The van der Waals surface area contributed by atoms with Gasteiger partial charge >= 0.3 is 0 Å². The molecule has 0 saturated heterocycles. The van der Waals surface area contributed by atoms with Crippen molar-refractivity contribution in [3.63, 3.8) is 0 Å². The van der Waals surface area contributed by atoms with E-state index in [-0.39, 0.29) is 12.5 Å². The third-order valence-electron chi connectivity index (χ3n) is 4.14. The van der Waals surface area contributed by atoms with E-state index in [1.807, 2.05) is 37.3 Å². The van der Waals surface area contributed by atoms with E-state index in [0.29, 0.717) is 17.2 Å². The molecule has 1 heterocycles. The number of benzene rings is 2. The van der Waals surface area contributed by atoms with Crippen LogP contribution in [0.1, 0.15) is 11.1 Å². The van der Waals surface area contributed by atoms with Crippen molar-refractivity contribution < 1.29 is 14.3 Å². The van der Waals surface area contributed by atoms with Gasteiger partial charge in [-0.1, -0.05) is 12.1 Å². The van der Waals surface area contributed by atoms with E-state index in [0.717, 1.165) is 22.0 Å². The van der Waals surface area contributed by atoms with E-state index < -0.39 is 0 Å². The van der Waals surface area contributed by atoms with Gasteiger partial charge < -0.3 is 14.8 Å². The Balaban J connectivity index is 1.76. The van der Waals surface area contributed by atoms with Gasteiger partial charge in [-0.3, -0.25) is 9.78 Å². The zero-order valence-corrected chi connectivity index (χ0v) is 15.6. The summed E-state index contributed by atoms with van der Waals surface area (Å²) in [5.41, 5.74) is 3.39. The second kappa shape index (κ2) is 8.69. The maximum Gasteiger partial charge on any atom is 0.248 e. The lowest BCUT2D eigenvalue weighted by Crippen LogP contribution is -2.08. The van der Waals surface area contributed by atoms with E-state index in [9.17, 15) is 4.79 Å². The molecule has 0 aliphatic rings. The van der Waals surface area contributed by atoms with Crippen LogP contribution in [0.4, 0.5) is 5.69 Å². The van der Waals surface area contributed by atoms with Gasteiger partial charge in [0.1, 0.15) is 6.07 Å². The highest BCUT2D eigenvalue weighted by Gasteiger charge is 2.07. The van der Waals surface area contributed by atoms with E-state index in [1.54, 1.807) is 30.5 Å². The molecule has 0 unspecified atom stereocenters. The number of amides is 1. The first kappa shape index (κ1) is 18.9. The van der Waals surface area contributed by atoms with Crippen LogP contribution in [0.25, 0.3) is 17.0 Å². The molecule has 6 nitrogen and oxygen atoms in total. The van der Waals surface area contributed by atoms with E-state index in [4.69, 9.17) is 14.7 Å². The lowest BCUT2D eigenvalue weighted by molar-refractivity contribution is -0.111. The van der Waals surface area contributed by atoms with Gasteiger partial charge in [0.25, 0.3) is 0 Å². The minimum atomic E-state index is -0.252. The number of carbonyl (C=O) groups excluding carboxylic acids is 1. The van der Waals surface area contributed by atoms with Crippen molar-refractivity contribution in [3.8, 4) is 17.6 Å². The molecule has 0 atom stereocenters. The van der Waals surface area contributed by atoms with E-state index in [2.05, 4.69) is 10.3 Å². The number of aryl methyl sites for hydroxylation is 1. The average Bonchev–Trinajstić information content (AvgIpc) is 2.73. The summed E-state index contributed by atoms with van der Waals surface area (Å²) in [6, 6.07) is 14.7. The number of nitrogens with zero attached hydrogens (tertiary/aromatic N) is 2. The Morgan fingerprint density at radius 2 is 2.11 bits per heavy atom. The summed E-state index contributed by atoms with van der Waals surface area (Å²) < 4.78 is 10.6. The molecule has 28 heavy (non-hydrogen) atoms.